The molecule has 4 heteroatoms. The molecule has 0 aromatic heterocycles. The van der Waals surface area contributed by atoms with Crippen LogP contribution in [0.3, 0.4) is 0 Å². The Morgan fingerprint density at radius 2 is 1.64 bits per heavy atom. The highest BCUT2D eigenvalue weighted by Gasteiger charge is 2.32. The van der Waals surface area contributed by atoms with Gasteiger partial charge in [-0.25, -0.2) is 0 Å². The molecule has 0 unspecified atom stereocenters. The van der Waals surface area contributed by atoms with Crippen LogP contribution in [0.25, 0.3) is 0 Å². The third kappa shape index (κ3) is 3.46. The Labute approximate surface area is 165 Å². The van der Waals surface area contributed by atoms with Crippen molar-refractivity contribution < 1.29 is 14.3 Å². The third-order valence-corrected chi connectivity index (χ3v) is 5.07. The number of amides is 1. The molecule has 1 amide bonds. The van der Waals surface area contributed by atoms with Crippen LogP contribution in [-0.2, 0) is 11.2 Å². The van der Waals surface area contributed by atoms with Crippen LogP contribution in [0.1, 0.15) is 28.2 Å². The number of hydrogen-bond donors (Lipinski definition) is 1. The summed E-state index contributed by atoms with van der Waals surface area (Å²) in [4.78, 5) is 13.1. The predicted molar refractivity (Wildman–Crippen MR) is 109 cm³/mol. The molecule has 0 saturated carbocycles. The second-order valence-corrected chi connectivity index (χ2v) is 6.97. The second-order valence-electron chi connectivity index (χ2n) is 6.97. The van der Waals surface area contributed by atoms with Crippen molar-refractivity contribution >= 4 is 5.91 Å². The van der Waals surface area contributed by atoms with Crippen molar-refractivity contribution in [3.63, 3.8) is 0 Å². The van der Waals surface area contributed by atoms with E-state index in [9.17, 15) is 4.79 Å². The molecule has 28 heavy (non-hydrogen) atoms. The number of aryl methyl sites for hydroxylation is 1. The lowest BCUT2D eigenvalue weighted by Gasteiger charge is -2.27. The summed E-state index contributed by atoms with van der Waals surface area (Å²) in [5, 5.41) is 3.10. The maximum absolute atomic E-state index is 13.1. The largest absolute Gasteiger partial charge is 0.496 e. The van der Waals surface area contributed by atoms with Gasteiger partial charge in [0.25, 0.3) is 0 Å². The van der Waals surface area contributed by atoms with Gasteiger partial charge in [0.05, 0.1) is 13.0 Å². The van der Waals surface area contributed by atoms with Crippen molar-refractivity contribution in [2.24, 2.45) is 0 Å². The molecule has 4 nitrogen and oxygen atoms in total. The van der Waals surface area contributed by atoms with E-state index in [1.165, 1.54) is 5.56 Å². The molecule has 142 valence electrons. The van der Waals surface area contributed by atoms with Gasteiger partial charge >= 0.3 is 0 Å². The summed E-state index contributed by atoms with van der Waals surface area (Å²) < 4.78 is 11.4. The van der Waals surface area contributed by atoms with Gasteiger partial charge in [-0.05, 0) is 37.1 Å². The van der Waals surface area contributed by atoms with Gasteiger partial charge in [-0.15, -0.1) is 0 Å². The fourth-order valence-corrected chi connectivity index (χ4v) is 3.72. The second kappa shape index (κ2) is 7.77. The normalized spacial score (nSPS) is 12.5. The average molecular weight is 373 g/mol. The fourth-order valence-electron chi connectivity index (χ4n) is 3.72. The minimum atomic E-state index is -0.374. The van der Waals surface area contributed by atoms with Gasteiger partial charge in [-0.3, -0.25) is 4.79 Å². The zero-order valence-electron chi connectivity index (χ0n) is 16.1. The molecule has 1 N–H and O–H groups in total. The lowest BCUT2D eigenvalue weighted by atomic mass is 9.87. The van der Waals surface area contributed by atoms with Gasteiger partial charge in [0.1, 0.15) is 17.2 Å². The highest BCUT2D eigenvalue weighted by Crippen LogP contribution is 2.43. The Hall–Kier alpha value is -3.27. The van der Waals surface area contributed by atoms with Crippen LogP contribution in [0.5, 0.6) is 17.2 Å². The molecule has 1 aliphatic rings. The Balaban J connectivity index is 1.54. The van der Waals surface area contributed by atoms with Crippen LogP contribution < -0.4 is 14.8 Å². The summed E-state index contributed by atoms with van der Waals surface area (Å²) >= 11 is 0. The monoisotopic (exact) mass is 373 g/mol. The SMILES string of the molecule is COc1ccc(C)cc1CCNC(=O)C1c2ccccc2Oc2ccccc21. The Morgan fingerprint density at radius 1 is 1.00 bits per heavy atom. The number of carbonyl (C=O) groups is 1. The zero-order chi connectivity index (χ0) is 19.5. The lowest BCUT2D eigenvalue weighted by molar-refractivity contribution is -0.121. The minimum Gasteiger partial charge on any atom is -0.496 e. The number of methoxy groups -OCH3 is 1. The highest BCUT2D eigenvalue weighted by atomic mass is 16.5. The molecule has 0 saturated heterocycles. The van der Waals surface area contributed by atoms with E-state index < -0.39 is 0 Å². The van der Waals surface area contributed by atoms with E-state index in [-0.39, 0.29) is 11.8 Å². The maximum atomic E-state index is 13.1. The highest BCUT2D eigenvalue weighted by molar-refractivity contribution is 5.89. The number of carbonyl (C=O) groups excluding carboxylic acids is 1. The first kappa shape index (κ1) is 18.1. The Kier molecular flexibility index (Phi) is 5.02. The Bertz CT molecular complexity index is 967. The fraction of sp³-hybridized carbons (Fsp3) is 0.208. The quantitative estimate of drug-likeness (QED) is 0.711. The molecule has 0 aliphatic carbocycles. The summed E-state index contributed by atoms with van der Waals surface area (Å²) in [7, 11) is 1.67. The molecule has 1 heterocycles. The molecule has 3 aromatic rings. The number of ether oxygens (including phenoxy) is 2. The van der Waals surface area contributed by atoms with Crippen LogP contribution >= 0.6 is 0 Å². The first-order chi connectivity index (χ1) is 13.7. The number of benzene rings is 3. The number of rotatable bonds is 5. The number of hydrogen-bond acceptors (Lipinski definition) is 3. The van der Waals surface area contributed by atoms with E-state index in [1.807, 2.05) is 60.7 Å². The van der Waals surface area contributed by atoms with Crippen LogP contribution in [0, 0.1) is 6.92 Å². The molecule has 0 radical (unpaired) electrons. The van der Waals surface area contributed by atoms with E-state index in [4.69, 9.17) is 9.47 Å². The van der Waals surface area contributed by atoms with Crippen molar-refractivity contribution in [3.05, 3.63) is 89.0 Å². The summed E-state index contributed by atoms with van der Waals surface area (Å²) in [6, 6.07) is 21.5. The van der Waals surface area contributed by atoms with E-state index in [0.717, 1.165) is 33.9 Å². The lowest BCUT2D eigenvalue weighted by Crippen LogP contribution is -2.33. The Morgan fingerprint density at radius 3 is 2.29 bits per heavy atom. The first-order valence-electron chi connectivity index (χ1n) is 9.44. The van der Waals surface area contributed by atoms with Gasteiger partial charge in [0.15, 0.2) is 0 Å². The van der Waals surface area contributed by atoms with Crippen molar-refractivity contribution in [3.8, 4) is 17.2 Å². The number of fused-ring (bicyclic) bond motifs is 2. The summed E-state index contributed by atoms with van der Waals surface area (Å²) in [6.45, 7) is 2.59. The topological polar surface area (TPSA) is 47.6 Å². The van der Waals surface area contributed by atoms with Crippen LogP contribution in [0.2, 0.25) is 0 Å². The first-order valence-corrected chi connectivity index (χ1v) is 9.44. The molecule has 0 spiro atoms. The smallest absolute Gasteiger partial charge is 0.232 e. The van der Waals surface area contributed by atoms with Crippen LogP contribution in [0.4, 0.5) is 0 Å². The van der Waals surface area contributed by atoms with Crippen LogP contribution in [0.15, 0.2) is 66.7 Å². The molecule has 0 fully saturated rings. The average Bonchev–Trinajstić information content (AvgIpc) is 2.72. The van der Waals surface area contributed by atoms with E-state index in [1.54, 1.807) is 7.11 Å². The van der Waals surface area contributed by atoms with Gasteiger partial charge in [-0.1, -0.05) is 54.1 Å². The molecular formula is C24H23NO3. The van der Waals surface area contributed by atoms with Crippen molar-refractivity contribution in [1.82, 2.24) is 5.32 Å². The van der Waals surface area contributed by atoms with Crippen molar-refractivity contribution in [1.29, 1.82) is 0 Å². The molecule has 0 atom stereocenters. The van der Waals surface area contributed by atoms with Gasteiger partial charge < -0.3 is 14.8 Å². The van der Waals surface area contributed by atoms with Gasteiger partial charge in [0.2, 0.25) is 5.91 Å². The number of para-hydroxylation sites is 2. The number of nitrogens with one attached hydrogen (secondary N) is 1. The standard InChI is InChI=1S/C24H23NO3/c1-16-11-12-20(27-2)17(15-16)13-14-25-24(26)23-18-7-3-5-9-21(18)28-22-10-6-4-8-19(22)23/h3-12,15,23H,13-14H2,1-2H3,(H,25,26). The predicted octanol–water partition coefficient (Wildman–Crippen LogP) is 4.60. The van der Waals surface area contributed by atoms with Gasteiger partial charge in [-0.2, -0.15) is 0 Å². The zero-order valence-corrected chi connectivity index (χ0v) is 16.1. The van der Waals surface area contributed by atoms with Crippen LogP contribution in [-0.4, -0.2) is 19.6 Å². The van der Waals surface area contributed by atoms with E-state index >= 15 is 0 Å². The summed E-state index contributed by atoms with van der Waals surface area (Å²) in [5.41, 5.74) is 4.06. The van der Waals surface area contributed by atoms with Crippen molar-refractivity contribution in [2.75, 3.05) is 13.7 Å². The van der Waals surface area contributed by atoms with E-state index in [0.29, 0.717) is 13.0 Å². The molecule has 1 aliphatic heterocycles. The maximum Gasteiger partial charge on any atom is 0.232 e. The molecule has 3 aromatic carbocycles. The minimum absolute atomic E-state index is 0.0187. The molecule has 4 rings (SSSR count). The summed E-state index contributed by atoms with van der Waals surface area (Å²) in [5.74, 6) is 1.93. The molecular weight excluding hydrogens is 350 g/mol. The van der Waals surface area contributed by atoms with Crippen molar-refractivity contribution in [2.45, 2.75) is 19.3 Å². The third-order valence-electron chi connectivity index (χ3n) is 5.07. The van der Waals surface area contributed by atoms with Gasteiger partial charge in [0, 0.05) is 17.7 Å². The summed E-state index contributed by atoms with van der Waals surface area (Å²) in [6.07, 6.45) is 0.711. The molecule has 0 bridgehead atoms. The van der Waals surface area contributed by atoms with E-state index in [2.05, 4.69) is 18.3 Å².